The van der Waals surface area contributed by atoms with E-state index >= 15 is 0 Å². The SMILES string of the molecule is CCOC(=O)c1ccc(NS(=O)(=O)c2ccc(NC(=O)N(CC)CC)cc2)cc1. The fourth-order valence-electron chi connectivity index (χ4n) is 2.53. The average Bonchev–Trinajstić information content (AvgIpc) is 2.70. The molecule has 0 aliphatic heterocycles. The number of nitrogens with zero attached hydrogens (tertiary/aromatic N) is 1. The number of carbonyl (C=O) groups excluding carboxylic acids is 2. The molecule has 0 bridgehead atoms. The summed E-state index contributed by atoms with van der Waals surface area (Å²) in [7, 11) is -3.82. The fourth-order valence-corrected chi connectivity index (χ4v) is 3.59. The molecule has 0 spiro atoms. The molecule has 0 radical (unpaired) electrons. The quantitative estimate of drug-likeness (QED) is 0.637. The zero-order chi connectivity index (χ0) is 21.4. The molecule has 0 aliphatic carbocycles. The first-order valence-corrected chi connectivity index (χ1v) is 10.7. The molecule has 2 rings (SSSR count). The first kappa shape index (κ1) is 22.2. The van der Waals surface area contributed by atoms with Crippen molar-refractivity contribution in [1.29, 1.82) is 0 Å². The highest BCUT2D eigenvalue weighted by Gasteiger charge is 2.16. The van der Waals surface area contributed by atoms with E-state index in [1.54, 1.807) is 11.8 Å². The standard InChI is InChI=1S/C20H25N3O5S/c1-4-23(5-2)20(25)21-16-11-13-18(14-12-16)29(26,27)22-17-9-7-15(8-10-17)19(24)28-6-3/h7-14,22H,4-6H2,1-3H3,(H,21,25). The maximum atomic E-state index is 12.6. The second-order valence-electron chi connectivity index (χ2n) is 6.03. The van der Waals surface area contributed by atoms with Crippen molar-refractivity contribution in [2.45, 2.75) is 25.7 Å². The van der Waals surface area contributed by atoms with E-state index in [0.29, 0.717) is 30.0 Å². The van der Waals surface area contributed by atoms with Crippen LogP contribution in [-0.4, -0.2) is 45.0 Å². The molecule has 0 unspecified atom stereocenters. The summed E-state index contributed by atoms with van der Waals surface area (Å²) in [5.41, 5.74) is 1.15. The zero-order valence-corrected chi connectivity index (χ0v) is 17.5. The van der Waals surface area contributed by atoms with Gasteiger partial charge in [0, 0.05) is 24.5 Å². The van der Waals surface area contributed by atoms with Gasteiger partial charge in [-0.15, -0.1) is 0 Å². The summed E-state index contributed by atoms with van der Waals surface area (Å²) in [5.74, 6) is -0.468. The van der Waals surface area contributed by atoms with Gasteiger partial charge in [0.2, 0.25) is 0 Å². The molecule has 9 heteroatoms. The highest BCUT2D eigenvalue weighted by atomic mass is 32.2. The molecule has 0 saturated carbocycles. The van der Waals surface area contributed by atoms with E-state index in [0.717, 1.165) is 0 Å². The molecular weight excluding hydrogens is 394 g/mol. The molecule has 0 aliphatic rings. The minimum absolute atomic E-state index is 0.0489. The summed E-state index contributed by atoms with van der Waals surface area (Å²) in [6, 6.07) is 11.6. The lowest BCUT2D eigenvalue weighted by atomic mass is 10.2. The summed E-state index contributed by atoms with van der Waals surface area (Å²) < 4.78 is 32.5. The first-order chi connectivity index (χ1) is 13.8. The van der Waals surface area contributed by atoms with Crippen molar-refractivity contribution in [3.8, 4) is 0 Å². The number of ether oxygens (including phenoxy) is 1. The van der Waals surface area contributed by atoms with E-state index in [2.05, 4.69) is 10.0 Å². The summed E-state index contributed by atoms with van der Waals surface area (Å²) in [6.45, 7) is 6.88. The average molecular weight is 420 g/mol. The molecule has 2 aromatic rings. The van der Waals surface area contributed by atoms with E-state index in [1.807, 2.05) is 13.8 Å². The predicted octanol–water partition coefficient (Wildman–Crippen LogP) is 3.54. The maximum absolute atomic E-state index is 12.6. The second kappa shape index (κ2) is 9.92. The second-order valence-corrected chi connectivity index (χ2v) is 7.71. The van der Waals surface area contributed by atoms with Crippen molar-refractivity contribution >= 4 is 33.4 Å². The van der Waals surface area contributed by atoms with Crippen molar-refractivity contribution in [2.75, 3.05) is 29.7 Å². The Balaban J connectivity index is 2.07. The van der Waals surface area contributed by atoms with Gasteiger partial charge >= 0.3 is 12.0 Å². The highest BCUT2D eigenvalue weighted by molar-refractivity contribution is 7.92. The van der Waals surface area contributed by atoms with Crippen LogP contribution < -0.4 is 10.0 Å². The van der Waals surface area contributed by atoms with Gasteiger partial charge in [0.05, 0.1) is 17.1 Å². The van der Waals surface area contributed by atoms with Gasteiger partial charge in [0.1, 0.15) is 0 Å². The molecule has 0 saturated heterocycles. The molecule has 156 valence electrons. The summed E-state index contributed by atoms with van der Waals surface area (Å²) >= 11 is 0. The largest absolute Gasteiger partial charge is 0.462 e. The number of nitrogens with one attached hydrogen (secondary N) is 2. The molecule has 2 N–H and O–H groups in total. The number of benzene rings is 2. The van der Waals surface area contributed by atoms with Crippen LogP contribution in [0.4, 0.5) is 16.2 Å². The molecule has 2 aromatic carbocycles. The molecule has 2 amide bonds. The van der Waals surface area contributed by atoms with Crippen LogP contribution in [0.25, 0.3) is 0 Å². The topological polar surface area (TPSA) is 105 Å². The van der Waals surface area contributed by atoms with E-state index in [9.17, 15) is 18.0 Å². The van der Waals surface area contributed by atoms with E-state index < -0.39 is 16.0 Å². The Morgan fingerprint density at radius 3 is 1.97 bits per heavy atom. The number of urea groups is 1. The smallest absolute Gasteiger partial charge is 0.338 e. The van der Waals surface area contributed by atoms with E-state index in [-0.39, 0.29) is 17.5 Å². The Kier molecular flexibility index (Phi) is 7.60. The Labute approximate surface area is 170 Å². The molecule has 0 aromatic heterocycles. The van der Waals surface area contributed by atoms with Crippen LogP contribution in [0.3, 0.4) is 0 Å². The van der Waals surface area contributed by atoms with Crippen LogP contribution in [-0.2, 0) is 14.8 Å². The summed E-state index contributed by atoms with van der Waals surface area (Å²) in [6.07, 6.45) is 0. The van der Waals surface area contributed by atoms with Gasteiger partial charge in [-0.05, 0) is 69.3 Å². The number of rotatable bonds is 8. The van der Waals surface area contributed by atoms with Gasteiger partial charge in [0.15, 0.2) is 0 Å². The van der Waals surface area contributed by atoms with Crippen LogP contribution in [0.5, 0.6) is 0 Å². The van der Waals surface area contributed by atoms with Crippen LogP contribution in [0, 0.1) is 0 Å². The first-order valence-electron chi connectivity index (χ1n) is 9.26. The Hall–Kier alpha value is -3.07. The minimum Gasteiger partial charge on any atom is -0.462 e. The van der Waals surface area contributed by atoms with Crippen LogP contribution in [0.1, 0.15) is 31.1 Å². The number of esters is 1. The van der Waals surface area contributed by atoms with Gasteiger partial charge in [-0.3, -0.25) is 4.72 Å². The molecule has 29 heavy (non-hydrogen) atoms. The van der Waals surface area contributed by atoms with Crippen LogP contribution in [0.15, 0.2) is 53.4 Å². The normalized spacial score (nSPS) is 10.9. The van der Waals surface area contributed by atoms with Gasteiger partial charge in [-0.1, -0.05) is 0 Å². The van der Waals surface area contributed by atoms with Crippen molar-refractivity contribution in [3.63, 3.8) is 0 Å². The lowest BCUT2D eigenvalue weighted by Crippen LogP contribution is -2.34. The Morgan fingerprint density at radius 2 is 1.45 bits per heavy atom. The Morgan fingerprint density at radius 1 is 0.897 bits per heavy atom. The van der Waals surface area contributed by atoms with Gasteiger partial charge in [0.25, 0.3) is 10.0 Å². The van der Waals surface area contributed by atoms with Gasteiger partial charge in [-0.2, -0.15) is 0 Å². The maximum Gasteiger partial charge on any atom is 0.338 e. The zero-order valence-electron chi connectivity index (χ0n) is 16.6. The molecule has 0 fully saturated rings. The molecule has 0 heterocycles. The highest BCUT2D eigenvalue weighted by Crippen LogP contribution is 2.19. The van der Waals surface area contributed by atoms with E-state index in [4.69, 9.17) is 4.74 Å². The van der Waals surface area contributed by atoms with Crippen molar-refractivity contribution < 1.29 is 22.7 Å². The monoisotopic (exact) mass is 419 g/mol. The van der Waals surface area contributed by atoms with Crippen molar-refractivity contribution in [2.24, 2.45) is 0 Å². The molecule has 0 atom stereocenters. The number of sulfonamides is 1. The third-order valence-electron chi connectivity index (χ3n) is 4.11. The third kappa shape index (κ3) is 5.95. The summed E-state index contributed by atoms with van der Waals surface area (Å²) in [5, 5.41) is 2.73. The van der Waals surface area contributed by atoms with Crippen LogP contribution in [0.2, 0.25) is 0 Å². The molecule has 8 nitrogen and oxygen atoms in total. The lowest BCUT2D eigenvalue weighted by molar-refractivity contribution is 0.0526. The number of hydrogen-bond acceptors (Lipinski definition) is 5. The fraction of sp³-hybridized carbons (Fsp3) is 0.300. The Bertz CT molecular complexity index is 937. The van der Waals surface area contributed by atoms with Gasteiger partial charge in [-0.25, -0.2) is 18.0 Å². The predicted molar refractivity (Wildman–Crippen MR) is 112 cm³/mol. The third-order valence-corrected chi connectivity index (χ3v) is 5.51. The van der Waals surface area contributed by atoms with Crippen molar-refractivity contribution in [3.05, 3.63) is 54.1 Å². The minimum atomic E-state index is -3.82. The van der Waals surface area contributed by atoms with Crippen molar-refractivity contribution in [1.82, 2.24) is 4.90 Å². The number of amides is 2. The number of hydrogen-bond donors (Lipinski definition) is 2. The number of carbonyl (C=O) groups is 2. The summed E-state index contributed by atoms with van der Waals surface area (Å²) in [4.78, 5) is 25.4. The van der Waals surface area contributed by atoms with E-state index in [1.165, 1.54) is 48.5 Å². The van der Waals surface area contributed by atoms with Crippen LogP contribution >= 0.6 is 0 Å². The van der Waals surface area contributed by atoms with Gasteiger partial charge < -0.3 is 15.0 Å². The number of anilines is 2. The lowest BCUT2D eigenvalue weighted by Gasteiger charge is -2.19. The molecular formula is C20H25N3O5S.